The zero-order chi connectivity index (χ0) is 21.7. The van der Waals surface area contributed by atoms with Crippen LogP contribution in [0, 0.1) is 11.8 Å². The number of amides is 1. The SMILES string of the molecule is CC.C[C@]1(O)[C@@H](OC(=O)c2c(Br)cc(Br)cc2Br)[C@H]2NC(=O)C3=COC(O)[C@H]1[C@@H]32. The van der Waals surface area contributed by atoms with Crippen LogP contribution >= 0.6 is 47.8 Å². The molecule has 1 aliphatic carbocycles. The van der Waals surface area contributed by atoms with E-state index in [1.54, 1.807) is 12.1 Å². The van der Waals surface area contributed by atoms with Gasteiger partial charge in [-0.15, -0.1) is 0 Å². The first kappa shape index (κ1) is 22.7. The second-order valence-electron chi connectivity index (χ2n) is 6.95. The lowest BCUT2D eigenvalue weighted by atomic mass is 9.81. The van der Waals surface area contributed by atoms with Crippen LogP contribution in [0.1, 0.15) is 31.1 Å². The Labute approximate surface area is 193 Å². The maximum absolute atomic E-state index is 12.9. The predicted molar refractivity (Wildman–Crippen MR) is 115 cm³/mol. The monoisotopic (exact) mass is 595 g/mol. The van der Waals surface area contributed by atoms with Crippen molar-refractivity contribution in [2.75, 3.05) is 0 Å². The van der Waals surface area contributed by atoms with Crippen molar-refractivity contribution >= 4 is 59.7 Å². The summed E-state index contributed by atoms with van der Waals surface area (Å²) in [6, 6.07) is 2.74. The van der Waals surface area contributed by atoms with Gasteiger partial charge in [0.05, 0.1) is 29.4 Å². The fourth-order valence-electron chi connectivity index (χ4n) is 4.20. The number of aliphatic hydroxyl groups is 2. The molecule has 0 aromatic heterocycles. The van der Waals surface area contributed by atoms with Crippen molar-refractivity contribution in [3.05, 3.63) is 42.9 Å². The molecule has 4 rings (SSSR count). The van der Waals surface area contributed by atoms with E-state index in [0.717, 1.165) is 4.47 Å². The molecule has 1 aromatic rings. The van der Waals surface area contributed by atoms with Crippen LogP contribution in [0.15, 0.2) is 37.4 Å². The third-order valence-electron chi connectivity index (χ3n) is 5.36. The number of rotatable bonds is 2. The summed E-state index contributed by atoms with van der Waals surface area (Å²) in [5, 5.41) is 24.0. The minimum Gasteiger partial charge on any atom is -0.472 e. The lowest BCUT2D eigenvalue weighted by Gasteiger charge is -2.36. The van der Waals surface area contributed by atoms with E-state index in [0.29, 0.717) is 14.5 Å². The molecule has 158 valence electrons. The average Bonchev–Trinajstić information content (AvgIpc) is 3.06. The minimum absolute atomic E-state index is 0.251. The Morgan fingerprint density at radius 1 is 1.24 bits per heavy atom. The molecule has 3 N–H and O–H groups in total. The highest BCUT2D eigenvalue weighted by molar-refractivity contribution is 9.11. The topological polar surface area (TPSA) is 105 Å². The van der Waals surface area contributed by atoms with Gasteiger partial charge in [0.2, 0.25) is 6.29 Å². The van der Waals surface area contributed by atoms with Crippen LogP contribution in [-0.4, -0.2) is 46.1 Å². The maximum Gasteiger partial charge on any atom is 0.340 e. The van der Waals surface area contributed by atoms with Crippen molar-refractivity contribution in [2.45, 2.75) is 44.8 Å². The van der Waals surface area contributed by atoms with E-state index in [1.807, 2.05) is 13.8 Å². The number of ether oxygens (including phenoxy) is 2. The second-order valence-corrected chi connectivity index (χ2v) is 9.57. The number of benzene rings is 1. The summed E-state index contributed by atoms with van der Waals surface area (Å²) < 4.78 is 12.6. The predicted octanol–water partition coefficient (Wildman–Crippen LogP) is 3.25. The highest BCUT2D eigenvalue weighted by Gasteiger charge is 2.67. The van der Waals surface area contributed by atoms with Gasteiger partial charge >= 0.3 is 5.97 Å². The number of esters is 1. The number of halogens is 3. The molecular weight excluding hydrogens is 578 g/mol. The summed E-state index contributed by atoms with van der Waals surface area (Å²) in [6.07, 6.45) is -1.16. The molecule has 29 heavy (non-hydrogen) atoms. The Morgan fingerprint density at radius 2 is 1.83 bits per heavy atom. The van der Waals surface area contributed by atoms with E-state index in [1.165, 1.54) is 13.2 Å². The van der Waals surface area contributed by atoms with Gasteiger partial charge < -0.3 is 25.0 Å². The number of hydrogen-bond donors (Lipinski definition) is 3. The summed E-state index contributed by atoms with van der Waals surface area (Å²) in [5.74, 6) is -2.35. The first-order chi connectivity index (χ1) is 13.6. The van der Waals surface area contributed by atoms with Crippen LogP contribution in [0.5, 0.6) is 0 Å². The van der Waals surface area contributed by atoms with Crippen molar-refractivity contribution in [2.24, 2.45) is 11.8 Å². The molecule has 0 radical (unpaired) electrons. The zero-order valence-electron chi connectivity index (χ0n) is 15.8. The van der Waals surface area contributed by atoms with Gasteiger partial charge in [-0.3, -0.25) is 4.79 Å². The second kappa shape index (κ2) is 8.30. The first-order valence-corrected chi connectivity index (χ1v) is 11.4. The highest BCUT2D eigenvalue weighted by atomic mass is 79.9. The molecule has 2 aliphatic heterocycles. The highest BCUT2D eigenvalue weighted by Crippen LogP contribution is 2.52. The lowest BCUT2D eigenvalue weighted by molar-refractivity contribution is -0.178. The van der Waals surface area contributed by atoms with Gasteiger partial charge in [-0.2, -0.15) is 0 Å². The van der Waals surface area contributed by atoms with E-state index in [9.17, 15) is 19.8 Å². The molecule has 1 saturated carbocycles. The molecule has 7 nitrogen and oxygen atoms in total. The van der Waals surface area contributed by atoms with Crippen molar-refractivity contribution in [1.29, 1.82) is 0 Å². The molecule has 0 spiro atoms. The average molecular weight is 598 g/mol. The Balaban J connectivity index is 0.00000117. The number of hydrogen-bond acceptors (Lipinski definition) is 6. The van der Waals surface area contributed by atoms with E-state index < -0.39 is 41.8 Å². The van der Waals surface area contributed by atoms with Gasteiger partial charge in [0.15, 0.2) is 6.10 Å². The Hall–Kier alpha value is -0.940. The summed E-state index contributed by atoms with van der Waals surface area (Å²) >= 11 is 10.0. The van der Waals surface area contributed by atoms with Gasteiger partial charge in [-0.25, -0.2) is 4.79 Å². The molecule has 3 aliphatic rings. The zero-order valence-corrected chi connectivity index (χ0v) is 20.5. The number of carbonyl (C=O) groups excluding carboxylic acids is 2. The van der Waals surface area contributed by atoms with Crippen molar-refractivity contribution in [3.63, 3.8) is 0 Å². The van der Waals surface area contributed by atoms with Crippen LogP contribution in [0.4, 0.5) is 0 Å². The molecule has 1 saturated heterocycles. The van der Waals surface area contributed by atoms with E-state index in [-0.39, 0.29) is 11.5 Å². The summed E-state index contributed by atoms with van der Waals surface area (Å²) in [7, 11) is 0. The smallest absolute Gasteiger partial charge is 0.340 e. The normalized spacial score (nSPS) is 34.3. The molecule has 1 unspecified atom stereocenters. The Kier molecular flexibility index (Phi) is 6.51. The van der Waals surface area contributed by atoms with Crippen LogP contribution in [0.2, 0.25) is 0 Å². The first-order valence-electron chi connectivity index (χ1n) is 9.05. The quantitative estimate of drug-likeness (QED) is 0.452. The van der Waals surface area contributed by atoms with Crippen molar-refractivity contribution < 1.29 is 29.3 Å². The van der Waals surface area contributed by atoms with Gasteiger partial charge in [0.25, 0.3) is 5.91 Å². The van der Waals surface area contributed by atoms with Gasteiger partial charge in [-0.05, 0) is 50.9 Å². The van der Waals surface area contributed by atoms with Crippen LogP contribution in [0.3, 0.4) is 0 Å². The molecule has 10 heteroatoms. The molecule has 1 amide bonds. The summed E-state index contributed by atoms with van der Waals surface area (Å²) in [4.78, 5) is 25.0. The molecule has 6 atom stereocenters. The standard InChI is InChI=1S/C17H14Br3NO6.C2H6/c1-17(25)11-9-6(4-26-16(11)24)14(22)21-12(9)13(17)27-15(23)10-7(19)2-5(18)3-8(10)20;1-2/h2-4,9,11-13,16,24-25H,1H3,(H,21,22);1-2H3/t9-,11-,12+,13+,16?,17-;/m1./s1. The van der Waals surface area contributed by atoms with Crippen molar-refractivity contribution in [3.8, 4) is 0 Å². The van der Waals surface area contributed by atoms with Crippen molar-refractivity contribution in [1.82, 2.24) is 5.32 Å². The Bertz CT molecular complexity index is 864. The minimum atomic E-state index is -1.61. The summed E-state index contributed by atoms with van der Waals surface area (Å²) in [6.45, 7) is 5.47. The maximum atomic E-state index is 12.9. The van der Waals surface area contributed by atoms with Crippen LogP contribution in [-0.2, 0) is 14.3 Å². The lowest BCUT2D eigenvalue weighted by Crippen LogP contribution is -2.52. The molecule has 2 fully saturated rings. The fourth-order valence-corrected chi connectivity index (χ4v) is 6.78. The van der Waals surface area contributed by atoms with Gasteiger partial charge in [-0.1, -0.05) is 29.8 Å². The van der Waals surface area contributed by atoms with Crippen LogP contribution < -0.4 is 5.32 Å². The number of aliphatic hydroxyl groups excluding tert-OH is 1. The molecule has 1 aromatic carbocycles. The number of nitrogens with one attached hydrogen (secondary N) is 1. The number of carbonyl (C=O) groups is 2. The third kappa shape index (κ3) is 3.67. The molecule has 0 bridgehead atoms. The van der Waals surface area contributed by atoms with E-state index in [2.05, 4.69) is 53.1 Å². The Morgan fingerprint density at radius 3 is 2.41 bits per heavy atom. The largest absolute Gasteiger partial charge is 0.472 e. The van der Waals surface area contributed by atoms with Gasteiger partial charge in [0, 0.05) is 19.3 Å². The molecular formula is C19H20Br3NO6. The van der Waals surface area contributed by atoms with Gasteiger partial charge in [0.1, 0.15) is 5.60 Å². The van der Waals surface area contributed by atoms with E-state index in [4.69, 9.17) is 9.47 Å². The van der Waals surface area contributed by atoms with Crippen LogP contribution in [0.25, 0.3) is 0 Å². The van der Waals surface area contributed by atoms with E-state index >= 15 is 0 Å². The molecule has 2 heterocycles. The summed E-state index contributed by atoms with van der Waals surface area (Å²) in [5.41, 5.74) is -1.02. The third-order valence-corrected chi connectivity index (χ3v) is 7.07. The fraction of sp³-hybridized carbons (Fsp3) is 0.474.